The molecule has 19 heavy (non-hydrogen) atoms. The third kappa shape index (κ3) is 3.90. The molecule has 1 unspecified atom stereocenters. The summed E-state index contributed by atoms with van der Waals surface area (Å²) < 4.78 is 0. The van der Waals surface area contributed by atoms with Crippen LogP contribution in [0.25, 0.3) is 0 Å². The van der Waals surface area contributed by atoms with Gasteiger partial charge in [0.15, 0.2) is 0 Å². The highest BCUT2D eigenvalue weighted by atomic mass is 35.5. The van der Waals surface area contributed by atoms with Gasteiger partial charge in [-0.2, -0.15) is 0 Å². The lowest BCUT2D eigenvalue weighted by atomic mass is 10.0. The van der Waals surface area contributed by atoms with Gasteiger partial charge in [-0.05, 0) is 36.7 Å². The zero-order valence-corrected chi connectivity index (χ0v) is 12.1. The second-order valence-corrected chi connectivity index (χ2v) is 5.09. The highest BCUT2D eigenvalue weighted by Gasteiger charge is 2.15. The highest BCUT2D eigenvalue weighted by molar-refractivity contribution is 6.34. The molecule has 0 bridgehead atoms. The second kappa shape index (κ2) is 6.85. The zero-order valence-electron chi connectivity index (χ0n) is 10.6. The Kier molecular flexibility index (Phi) is 5.14. The Balaban J connectivity index is 2.36. The molecule has 3 nitrogen and oxygen atoms in total. The maximum atomic E-state index is 6.07. The second-order valence-electron chi connectivity index (χ2n) is 4.22. The topological polar surface area (TPSA) is 37.8 Å². The van der Waals surface area contributed by atoms with Crippen molar-refractivity contribution < 1.29 is 0 Å². The van der Waals surface area contributed by atoms with E-state index in [9.17, 15) is 0 Å². The van der Waals surface area contributed by atoms with Crippen LogP contribution in [0.4, 0.5) is 0 Å². The van der Waals surface area contributed by atoms with Crippen molar-refractivity contribution in [3.63, 3.8) is 0 Å². The molecule has 0 fully saturated rings. The number of aromatic nitrogens is 2. The summed E-state index contributed by atoms with van der Waals surface area (Å²) in [5.41, 5.74) is 1.85. The number of nitrogens with one attached hydrogen (secondary N) is 1. The molecular formula is C14H15Cl2N3. The van der Waals surface area contributed by atoms with E-state index in [1.54, 1.807) is 24.7 Å². The van der Waals surface area contributed by atoms with Gasteiger partial charge in [-0.15, -0.1) is 0 Å². The third-order valence-electron chi connectivity index (χ3n) is 2.70. The van der Waals surface area contributed by atoms with Gasteiger partial charge < -0.3 is 5.32 Å². The number of halogens is 2. The minimum Gasteiger partial charge on any atom is -0.305 e. The van der Waals surface area contributed by atoms with Crippen molar-refractivity contribution in [2.24, 2.45) is 0 Å². The van der Waals surface area contributed by atoms with Crippen molar-refractivity contribution in [3.05, 3.63) is 58.1 Å². The molecule has 0 amide bonds. The van der Waals surface area contributed by atoms with Crippen LogP contribution in [-0.4, -0.2) is 16.5 Å². The van der Waals surface area contributed by atoms with Crippen LogP contribution in [-0.2, 0) is 0 Å². The molecule has 1 atom stereocenters. The van der Waals surface area contributed by atoms with Crippen LogP contribution in [0.5, 0.6) is 0 Å². The first kappa shape index (κ1) is 14.3. The first-order valence-electron chi connectivity index (χ1n) is 6.16. The number of benzene rings is 1. The van der Waals surface area contributed by atoms with E-state index >= 15 is 0 Å². The lowest BCUT2D eigenvalue weighted by Crippen LogP contribution is -2.24. The summed E-state index contributed by atoms with van der Waals surface area (Å²) in [6.07, 6.45) is 6.13. The van der Waals surface area contributed by atoms with E-state index in [1.807, 2.05) is 12.1 Å². The van der Waals surface area contributed by atoms with Crippen LogP contribution in [0.15, 0.2) is 36.8 Å². The molecule has 1 heterocycles. The molecule has 1 aromatic heterocycles. The summed E-state index contributed by atoms with van der Waals surface area (Å²) in [5.74, 6) is 0. The average Bonchev–Trinajstić information content (AvgIpc) is 2.39. The Morgan fingerprint density at radius 1 is 1.16 bits per heavy atom. The fourth-order valence-electron chi connectivity index (χ4n) is 1.88. The Bertz CT molecular complexity index is 511. The van der Waals surface area contributed by atoms with E-state index < -0.39 is 0 Å². The predicted molar refractivity (Wildman–Crippen MR) is 78.6 cm³/mol. The smallest absolute Gasteiger partial charge is 0.0801 e. The van der Waals surface area contributed by atoms with Crippen molar-refractivity contribution in [1.82, 2.24) is 15.3 Å². The SMILES string of the molecule is CCCNC(c1cc(Cl)cc(Cl)c1)c1cnccn1. The van der Waals surface area contributed by atoms with Crippen LogP contribution in [0.1, 0.15) is 30.6 Å². The summed E-state index contributed by atoms with van der Waals surface area (Å²) >= 11 is 12.1. The van der Waals surface area contributed by atoms with Gasteiger partial charge in [0.25, 0.3) is 0 Å². The van der Waals surface area contributed by atoms with Crippen LogP contribution >= 0.6 is 23.2 Å². The Labute approximate surface area is 123 Å². The van der Waals surface area contributed by atoms with Gasteiger partial charge in [0, 0.05) is 22.4 Å². The van der Waals surface area contributed by atoms with Gasteiger partial charge in [-0.25, -0.2) is 0 Å². The molecule has 0 saturated heterocycles. The third-order valence-corrected chi connectivity index (χ3v) is 3.13. The Morgan fingerprint density at radius 2 is 1.89 bits per heavy atom. The normalized spacial score (nSPS) is 12.4. The fraction of sp³-hybridized carbons (Fsp3) is 0.286. The molecule has 1 aromatic carbocycles. The molecule has 5 heteroatoms. The van der Waals surface area contributed by atoms with Crippen molar-refractivity contribution >= 4 is 23.2 Å². The van der Waals surface area contributed by atoms with Crippen LogP contribution < -0.4 is 5.32 Å². The average molecular weight is 296 g/mol. The number of rotatable bonds is 5. The predicted octanol–water partition coefficient (Wildman–Crippen LogP) is 3.87. The van der Waals surface area contributed by atoms with Crippen LogP contribution in [0.2, 0.25) is 10.0 Å². The quantitative estimate of drug-likeness (QED) is 0.910. The summed E-state index contributed by atoms with van der Waals surface area (Å²) in [5, 5.41) is 4.68. The summed E-state index contributed by atoms with van der Waals surface area (Å²) in [6, 6.07) is 5.47. The monoisotopic (exact) mass is 295 g/mol. The van der Waals surface area contributed by atoms with E-state index in [2.05, 4.69) is 22.2 Å². The molecular weight excluding hydrogens is 281 g/mol. The number of nitrogens with zero attached hydrogens (tertiary/aromatic N) is 2. The molecule has 0 saturated carbocycles. The lowest BCUT2D eigenvalue weighted by molar-refractivity contribution is 0.584. The van der Waals surface area contributed by atoms with E-state index in [-0.39, 0.29) is 6.04 Å². The van der Waals surface area contributed by atoms with Gasteiger partial charge in [0.05, 0.1) is 17.9 Å². The number of hydrogen-bond acceptors (Lipinski definition) is 3. The molecule has 0 radical (unpaired) electrons. The van der Waals surface area contributed by atoms with Gasteiger partial charge in [-0.3, -0.25) is 9.97 Å². The van der Waals surface area contributed by atoms with Gasteiger partial charge in [0.1, 0.15) is 0 Å². The minimum absolute atomic E-state index is 0.0511. The molecule has 1 N–H and O–H groups in total. The van der Waals surface area contributed by atoms with Crippen molar-refractivity contribution in [3.8, 4) is 0 Å². The Hall–Kier alpha value is -1.16. The lowest BCUT2D eigenvalue weighted by Gasteiger charge is -2.18. The minimum atomic E-state index is -0.0511. The largest absolute Gasteiger partial charge is 0.305 e. The molecule has 100 valence electrons. The molecule has 2 rings (SSSR count). The van der Waals surface area contributed by atoms with E-state index in [1.165, 1.54) is 0 Å². The maximum absolute atomic E-state index is 6.07. The van der Waals surface area contributed by atoms with Crippen molar-refractivity contribution in [2.45, 2.75) is 19.4 Å². The van der Waals surface area contributed by atoms with E-state index in [0.717, 1.165) is 24.2 Å². The standard InChI is InChI=1S/C14H15Cl2N3/c1-2-3-19-14(13-9-17-4-5-18-13)10-6-11(15)8-12(16)7-10/h4-9,14,19H,2-3H2,1H3. The summed E-state index contributed by atoms with van der Waals surface area (Å²) in [7, 11) is 0. The van der Waals surface area contributed by atoms with E-state index in [0.29, 0.717) is 10.0 Å². The van der Waals surface area contributed by atoms with Crippen molar-refractivity contribution in [1.29, 1.82) is 0 Å². The summed E-state index contributed by atoms with van der Waals surface area (Å²) in [4.78, 5) is 8.47. The first-order valence-corrected chi connectivity index (χ1v) is 6.91. The molecule has 0 aliphatic carbocycles. The Morgan fingerprint density at radius 3 is 2.47 bits per heavy atom. The zero-order chi connectivity index (χ0) is 13.7. The fourth-order valence-corrected chi connectivity index (χ4v) is 2.43. The number of hydrogen-bond donors (Lipinski definition) is 1. The van der Waals surface area contributed by atoms with Crippen molar-refractivity contribution in [2.75, 3.05) is 6.54 Å². The van der Waals surface area contributed by atoms with Crippen LogP contribution in [0.3, 0.4) is 0 Å². The van der Waals surface area contributed by atoms with Gasteiger partial charge in [0.2, 0.25) is 0 Å². The highest BCUT2D eigenvalue weighted by Crippen LogP contribution is 2.26. The molecule has 0 aliphatic rings. The summed E-state index contributed by atoms with van der Waals surface area (Å²) in [6.45, 7) is 3.00. The van der Waals surface area contributed by atoms with Gasteiger partial charge >= 0.3 is 0 Å². The first-order chi connectivity index (χ1) is 9.20. The van der Waals surface area contributed by atoms with Crippen LogP contribution in [0, 0.1) is 0 Å². The molecule has 2 aromatic rings. The molecule has 0 spiro atoms. The van der Waals surface area contributed by atoms with Gasteiger partial charge in [-0.1, -0.05) is 30.1 Å². The molecule has 0 aliphatic heterocycles. The maximum Gasteiger partial charge on any atom is 0.0801 e. The van der Waals surface area contributed by atoms with E-state index in [4.69, 9.17) is 23.2 Å².